The molecule has 0 aliphatic carbocycles. The molecule has 1 atom stereocenters. The fourth-order valence-electron chi connectivity index (χ4n) is 2.07. The fourth-order valence-corrected chi connectivity index (χ4v) is 2.96. The number of thiazole rings is 1. The third-order valence-electron chi connectivity index (χ3n) is 3.66. The second-order valence-electron chi connectivity index (χ2n) is 5.10. The molecule has 2 aromatic rings. The Morgan fingerprint density at radius 1 is 1.45 bits per heavy atom. The maximum absolute atomic E-state index is 12.4. The zero-order chi connectivity index (χ0) is 15.7. The number of likely N-dealkylation sites (N-methyl/N-ethyl adjacent to an activating group) is 1. The quantitative estimate of drug-likeness (QED) is 0.932. The van der Waals surface area contributed by atoms with Crippen molar-refractivity contribution in [2.45, 2.75) is 13.0 Å². The van der Waals surface area contributed by atoms with Crippen LogP contribution in [0.1, 0.15) is 16.6 Å². The molecule has 1 aliphatic heterocycles. The standard InChI is InChI=1S/C15H17N3O3S/c1-9(6-16)18(2)15(19)13-7-17-14(22-13)10-3-4-11-12(5-10)21-8-20-11/h3-5,7,9H,6,8,16H2,1-2H3. The smallest absolute Gasteiger partial charge is 0.265 e. The molecule has 1 aromatic carbocycles. The van der Waals surface area contributed by atoms with Crippen LogP contribution in [0.5, 0.6) is 11.5 Å². The van der Waals surface area contributed by atoms with Gasteiger partial charge in [-0.1, -0.05) is 0 Å². The zero-order valence-corrected chi connectivity index (χ0v) is 13.2. The minimum atomic E-state index is -0.0672. The first kappa shape index (κ1) is 14.8. The molecule has 22 heavy (non-hydrogen) atoms. The molecular formula is C15H17N3O3S. The van der Waals surface area contributed by atoms with Crippen LogP contribution in [0.25, 0.3) is 10.6 Å². The number of fused-ring (bicyclic) bond motifs is 1. The predicted octanol–water partition coefficient (Wildman–Crippen LogP) is 1.96. The van der Waals surface area contributed by atoms with Gasteiger partial charge >= 0.3 is 0 Å². The fraction of sp³-hybridized carbons (Fsp3) is 0.333. The number of carbonyl (C=O) groups excluding carboxylic acids is 1. The van der Waals surface area contributed by atoms with Crippen molar-refractivity contribution in [3.63, 3.8) is 0 Å². The summed E-state index contributed by atoms with van der Waals surface area (Å²) in [4.78, 5) is 18.9. The van der Waals surface area contributed by atoms with Crippen LogP contribution >= 0.6 is 11.3 Å². The molecule has 0 bridgehead atoms. The second-order valence-corrected chi connectivity index (χ2v) is 6.13. The second kappa shape index (κ2) is 5.94. The van der Waals surface area contributed by atoms with E-state index in [1.807, 2.05) is 25.1 Å². The average Bonchev–Trinajstić information content (AvgIpc) is 3.20. The van der Waals surface area contributed by atoms with Crippen LogP contribution in [0.4, 0.5) is 0 Å². The highest BCUT2D eigenvalue weighted by atomic mass is 32.1. The molecule has 2 N–H and O–H groups in total. The Balaban J connectivity index is 1.83. The maximum atomic E-state index is 12.4. The van der Waals surface area contributed by atoms with Gasteiger partial charge in [0.15, 0.2) is 11.5 Å². The van der Waals surface area contributed by atoms with Gasteiger partial charge in [0.25, 0.3) is 5.91 Å². The molecule has 1 aliphatic rings. The largest absolute Gasteiger partial charge is 0.454 e. The van der Waals surface area contributed by atoms with Crippen LogP contribution in [-0.4, -0.2) is 42.2 Å². The molecule has 116 valence electrons. The number of aromatic nitrogens is 1. The van der Waals surface area contributed by atoms with Crippen LogP contribution in [-0.2, 0) is 0 Å². The first-order chi connectivity index (χ1) is 10.6. The van der Waals surface area contributed by atoms with Crippen LogP contribution in [0, 0.1) is 0 Å². The Morgan fingerprint density at radius 3 is 3.00 bits per heavy atom. The Labute approximate surface area is 132 Å². The third kappa shape index (κ3) is 2.65. The van der Waals surface area contributed by atoms with Crippen LogP contribution in [0.3, 0.4) is 0 Å². The molecule has 3 rings (SSSR count). The SMILES string of the molecule is CC(CN)N(C)C(=O)c1cnc(-c2ccc3c(c2)OCO3)s1. The van der Waals surface area contributed by atoms with Gasteiger partial charge < -0.3 is 20.1 Å². The summed E-state index contributed by atoms with van der Waals surface area (Å²) in [7, 11) is 1.75. The molecule has 2 heterocycles. The van der Waals surface area contributed by atoms with Crippen LogP contribution < -0.4 is 15.2 Å². The van der Waals surface area contributed by atoms with E-state index >= 15 is 0 Å². The van der Waals surface area contributed by atoms with Gasteiger partial charge in [0.2, 0.25) is 6.79 Å². The Hall–Kier alpha value is -2.12. The molecular weight excluding hydrogens is 302 g/mol. The van der Waals surface area contributed by atoms with Gasteiger partial charge in [-0.3, -0.25) is 4.79 Å². The summed E-state index contributed by atoms with van der Waals surface area (Å²) in [5.41, 5.74) is 6.51. The highest BCUT2D eigenvalue weighted by Gasteiger charge is 2.20. The lowest BCUT2D eigenvalue weighted by molar-refractivity contribution is 0.0753. The molecule has 1 unspecified atom stereocenters. The molecule has 0 fully saturated rings. The maximum Gasteiger partial charge on any atom is 0.265 e. The summed E-state index contributed by atoms with van der Waals surface area (Å²) in [6, 6.07) is 5.63. The van der Waals surface area contributed by atoms with Gasteiger partial charge in [-0.2, -0.15) is 0 Å². The Morgan fingerprint density at radius 2 is 2.23 bits per heavy atom. The molecule has 0 saturated heterocycles. The lowest BCUT2D eigenvalue weighted by Crippen LogP contribution is -2.39. The lowest BCUT2D eigenvalue weighted by Gasteiger charge is -2.22. The highest BCUT2D eigenvalue weighted by molar-refractivity contribution is 7.16. The Kier molecular flexibility index (Phi) is 4.00. The van der Waals surface area contributed by atoms with Crippen molar-refractivity contribution in [2.75, 3.05) is 20.4 Å². The van der Waals surface area contributed by atoms with E-state index in [1.165, 1.54) is 11.3 Å². The van der Waals surface area contributed by atoms with Crippen molar-refractivity contribution < 1.29 is 14.3 Å². The average molecular weight is 319 g/mol. The summed E-state index contributed by atoms with van der Waals surface area (Å²) in [6.07, 6.45) is 1.60. The first-order valence-electron chi connectivity index (χ1n) is 6.93. The molecule has 1 amide bonds. The van der Waals surface area contributed by atoms with Crippen molar-refractivity contribution in [1.29, 1.82) is 0 Å². The van der Waals surface area contributed by atoms with Gasteiger partial charge in [0.05, 0.1) is 6.20 Å². The summed E-state index contributed by atoms with van der Waals surface area (Å²) < 4.78 is 10.7. The van der Waals surface area contributed by atoms with E-state index in [0.717, 1.165) is 16.3 Å². The van der Waals surface area contributed by atoms with Crippen LogP contribution in [0.2, 0.25) is 0 Å². The van der Waals surface area contributed by atoms with Gasteiger partial charge in [-0.15, -0.1) is 11.3 Å². The van der Waals surface area contributed by atoms with Gasteiger partial charge in [-0.25, -0.2) is 4.98 Å². The molecule has 6 nitrogen and oxygen atoms in total. The molecule has 0 saturated carbocycles. The summed E-state index contributed by atoms with van der Waals surface area (Å²) in [6.45, 7) is 2.58. The number of hydrogen-bond acceptors (Lipinski definition) is 6. The predicted molar refractivity (Wildman–Crippen MR) is 84.3 cm³/mol. The first-order valence-corrected chi connectivity index (χ1v) is 7.75. The van der Waals surface area contributed by atoms with E-state index in [1.54, 1.807) is 18.1 Å². The van der Waals surface area contributed by atoms with E-state index in [-0.39, 0.29) is 18.7 Å². The monoisotopic (exact) mass is 319 g/mol. The number of amides is 1. The zero-order valence-electron chi connectivity index (χ0n) is 12.4. The van der Waals surface area contributed by atoms with E-state index in [9.17, 15) is 4.79 Å². The summed E-state index contributed by atoms with van der Waals surface area (Å²) in [5.74, 6) is 1.37. The number of ether oxygens (including phenoxy) is 2. The van der Waals surface area contributed by atoms with Gasteiger partial charge in [0, 0.05) is 25.2 Å². The third-order valence-corrected chi connectivity index (χ3v) is 4.69. The topological polar surface area (TPSA) is 77.7 Å². The molecule has 0 radical (unpaired) electrons. The minimum Gasteiger partial charge on any atom is -0.454 e. The van der Waals surface area contributed by atoms with Crippen molar-refractivity contribution in [2.24, 2.45) is 5.73 Å². The number of benzene rings is 1. The van der Waals surface area contributed by atoms with E-state index < -0.39 is 0 Å². The number of hydrogen-bond donors (Lipinski definition) is 1. The normalized spacial score (nSPS) is 14.0. The molecule has 7 heteroatoms. The van der Waals surface area contributed by atoms with Crippen LogP contribution in [0.15, 0.2) is 24.4 Å². The number of nitrogens with zero attached hydrogens (tertiary/aromatic N) is 2. The van der Waals surface area contributed by atoms with Crippen molar-refractivity contribution in [3.8, 4) is 22.1 Å². The molecule has 1 aromatic heterocycles. The number of carbonyl (C=O) groups is 1. The summed E-state index contributed by atoms with van der Waals surface area (Å²) >= 11 is 1.36. The summed E-state index contributed by atoms with van der Waals surface area (Å²) in [5, 5.41) is 0.774. The van der Waals surface area contributed by atoms with Crippen molar-refractivity contribution in [3.05, 3.63) is 29.3 Å². The molecule has 0 spiro atoms. The number of nitrogens with two attached hydrogens (primary N) is 1. The minimum absolute atomic E-state index is 0.0106. The van der Waals surface area contributed by atoms with Gasteiger partial charge in [0.1, 0.15) is 9.88 Å². The van der Waals surface area contributed by atoms with E-state index in [0.29, 0.717) is 17.2 Å². The van der Waals surface area contributed by atoms with E-state index in [2.05, 4.69) is 4.98 Å². The highest BCUT2D eigenvalue weighted by Crippen LogP contribution is 2.37. The van der Waals surface area contributed by atoms with E-state index in [4.69, 9.17) is 15.2 Å². The number of rotatable bonds is 4. The lowest BCUT2D eigenvalue weighted by atomic mass is 10.2. The van der Waals surface area contributed by atoms with Gasteiger partial charge in [-0.05, 0) is 25.1 Å². The Bertz CT molecular complexity index is 701. The van der Waals surface area contributed by atoms with Crippen molar-refractivity contribution >= 4 is 17.2 Å². The van der Waals surface area contributed by atoms with Crippen molar-refractivity contribution in [1.82, 2.24) is 9.88 Å².